The number of ether oxygens (including phenoxy) is 1. The highest BCUT2D eigenvalue weighted by molar-refractivity contribution is 5.39. The molecule has 116 valence electrons. The first-order valence-electron chi connectivity index (χ1n) is 8.56. The quantitative estimate of drug-likeness (QED) is 0.899. The van der Waals surface area contributed by atoms with Gasteiger partial charge in [-0.2, -0.15) is 0 Å². The van der Waals surface area contributed by atoms with Crippen LogP contribution in [0.5, 0.6) is 5.75 Å². The molecule has 3 heteroatoms. The Labute approximate surface area is 128 Å². The van der Waals surface area contributed by atoms with E-state index in [0.29, 0.717) is 12.1 Å². The minimum Gasteiger partial charge on any atom is -0.492 e. The number of hydrogen-bond donors (Lipinski definition) is 1. The Balaban J connectivity index is 1.85. The Kier molecular flexibility index (Phi) is 4.81. The van der Waals surface area contributed by atoms with Gasteiger partial charge in [0.2, 0.25) is 0 Å². The van der Waals surface area contributed by atoms with E-state index in [1.807, 2.05) is 0 Å². The van der Waals surface area contributed by atoms with E-state index >= 15 is 0 Å². The van der Waals surface area contributed by atoms with E-state index in [1.165, 1.54) is 37.8 Å². The van der Waals surface area contributed by atoms with Gasteiger partial charge in [0.15, 0.2) is 0 Å². The molecular weight excluding hydrogens is 260 g/mol. The fraction of sp³-hybridized carbons (Fsp3) is 0.667. The zero-order valence-electron chi connectivity index (χ0n) is 13.3. The van der Waals surface area contributed by atoms with Crippen LogP contribution in [0.25, 0.3) is 0 Å². The van der Waals surface area contributed by atoms with E-state index in [4.69, 9.17) is 4.74 Å². The van der Waals surface area contributed by atoms with Crippen molar-refractivity contribution in [2.45, 2.75) is 57.7 Å². The standard InChI is InChI=1S/C18H28N2O/c1-3-11-19-18-15-9-5-6-10-17(15)21-13-16(18)20-12-7-8-14(20)4-2/h5-6,9-10,14,16,18-19H,3-4,7-8,11-13H2,1-2H3. The smallest absolute Gasteiger partial charge is 0.124 e. The molecule has 0 amide bonds. The summed E-state index contributed by atoms with van der Waals surface area (Å²) in [6.07, 6.45) is 5.09. The first-order chi connectivity index (χ1) is 10.3. The van der Waals surface area contributed by atoms with Gasteiger partial charge in [-0.25, -0.2) is 0 Å². The molecule has 0 spiro atoms. The van der Waals surface area contributed by atoms with Crippen LogP contribution in [0.1, 0.15) is 51.1 Å². The van der Waals surface area contributed by atoms with Crippen molar-refractivity contribution in [1.82, 2.24) is 10.2 Å². The van der Waals surface area contributed by atoms with Crippen LogP contribution in [0.3, 0.4) is 0 Å². The lowest BCUT2D eigenvalue weighted by Gasteiger charge is -2.41. The normalized spacial score (nSPS) is 29.1. The molecule has 1 aromatic rings. The molecule has 3 rings (SSSR count). The van der Waals surface area contributed by atoms with Crippen molar-refractivity contribution < 1.29 is 4.74 Å². The molecule has 3 atom stereocenters. The van der Waals surface area contributed by atoms with Crippen molar-refractivity contribution in [3.63, 3.8) is 0 Å². The van der Waals surface area contributed by atoms with Crippen LogP contribution in [0, 0.1) is 0 Å². The number of benzene rings is 1. The van der Waals surface area contributed by atoms with Gasteiger partial charge in [0.25, 0.3) is 0 Å². The van der Waals surface area contributed by atoms with Crippen LogP contribution in [0.4, 0.5) is 0 Å². The van der Waals surface area contributed by atoms with Crippen molar-refractivity contribution in [2.75, 3.05) is 19.7 Å². The zero-order chi connectivity index (χ0) is 14.7. The molecule has 0 aromatic heterocycles. The second-order valence-electron chi connectivity index (χ2n) is 6.29. The van der Waals surface area contributed by atoms with E-state index in [9.17, 15) is 0 Å². The van der Waals surface area contributed by atoms with E-state index in [1.54, 1.807) is 0 Å². The molecule has 0 saturated carbocycles. The van der Waals surface area contributed by atoms with Gasteiger partial charge in [-0.15, -0.1) is 0 Å². The number of para-hydroxylation sites is 1. The average Bonchev–Trinajstić information content (AvgIpc) is 3.00. The van der Waals surface area contributed by atoms with E-state index in [0.717, 1.165) is 24.9 Å². The van der Waals surface area contributed by atoms with Gasteiger partial charge in [0.05, 0.1) is 12.1 Å². The summed E-state index contributed by atoms with van der Waals surface area (Å²) >= 11 is 0. The molecule has 1 fully saturated rings. The van der Waals surface area contributed by atoms with Gasteiger partial charge in [-0.05, 0) is 44.8 Å². The number of nitrogens with zero attached hydrogens (tertiary/aromatic N) is 1. The lowest BCUT2D eigenvalue weighted by Crippen LogP contribution is -2.52. The van der Waals surface area contributed by atoms with Crippen molar-refractivity contribution >= 4 is 0 Å². The molecule has 3 nitrogen and oxygen atoms in total. The fourth-order valence-electron chi connectivity index (χ4n) is 3.91. The fourth-order valence-corrected chi connectivity index (χ4v) is 3.91. The first kappa shape index (κ1) is 14.9. The summed E-state index contributed by atoms with van der Waals surface area (Å²) < 4.78 is 6.07. The predicted molar refractivity (Wildman–Crippen MR) is 86.8 cm³/mol. The van der Waals surface area contributed by atoms with Gasteiger partial charge < -0.3 is 10.1 Å². The lowest BCUT2D eigenvalue weighted by atomic mass is 9.94. The van der Waals surface area contributed by atoms with Gasteiger partial charge >= 0.3 is 0 Å². The maximum absolute atomic E-state index is 6.07. The molecule has 0 aliphatic carbocycles. The number of fused-ring (bicyclic) bond motifs is 1. The second kappa shape index (κ2) is 6.80. The third kappa shape index (κ3) is 2.95. The molecule has 21 heavy (non-hydrogen) atoms. The molecule has 2 aliphatic heterocycles. The Morgan fingerprint density at radius 2 is 2.14 bits per heavy atom. The number of rotatable bonds is 5. The minimum absolute atomic E-state index is 0.405. The third-order valence-electron chi connectivity index (χ3n) is 4.98. The second-order valence-corrected chi connectivity index (χ2v) is 6.29. The van der Waals surface area contributed by atoms with Gasteiger partial charge in [0, 0.05) is 11.6 Å². The molecular formula is C18H28N2O. The van der Waals surface area contributed by atoms with Gasteiger partial charge in [0.1, 0.15) is 12.4 Å². The predicted octanol–water partition coefficient (Wildman–Crippen LogP) is 3.36. The van der Waals surface area contributed by atoms with Gasteiger partial charge in [-0.3, -0.25) is 4.90 Å². The maximum Gasteiger partial charge on any atom is 0.124 e. The summed E-state index contributed by atoms with van der Waals surface area (Å²) in [6, 6.07) is 10.1. The van der Waals surface area contributed by atoms with E-state index < -0.39 is 0 Å². The van der Waals surface area contributed by atoms with Crippen LogP contribution >= 0.6 is 0 Å². The van der Waals surface area contributed by atoms with Crippen molar-refractivity contribution in [3.05, 3.63) is 29.8 Å². The SMILES string of the molecule is CCCNC1c2ccccc2OCC1N1CCCC1CC. The van der Waals surface area contributed by atoms with Gasteiger partial charge in [-0.1, -0.05) is 32.0 Å². The Hall–Kier alpha value is -1.06. The number of likely N-dealkylation sites (tertiary alicyclic amines) is 1. The molecule has 2 heterocycles. The third-order valence-corrected chi connectivity index (χ3v) is 4.98. The lowest BCUT2D eigenvalue weighted by molar-refractivity contribution is 0.0747. The summed E-state index contributed by atoms with van der Waals surface area (Å²) in [5, 5.41) is 3.78. The topological polar surface area (TPSA) is 24.5 Å². The van der Waals surface area contributed by atoms with E-state index in [-0.39, 0.29) is 0 Å². The molecule has 2 aliphatic rings. The Morgan fingerprint density at radius 1 is 1.29 bits per heavy atom. The Morgan fingerprint density at radius 3 is 2.95 bits per heavy atom. The molecule has 1 aromatic carbocycles. The maximum atomic E-state index is 6.07. The van der Waals surface area contributed by atoms with Crippen LogP contribution < -0.4 is 10.1 Å². The molecule has 1 saturated heterocycles. The number of nitrogens with one attached hydrogen (secondary N) is 1. The van der Waals surface area contributed by atoms with Crippen LogP contribution in [0.15, 0.2) is 24.3 Å². The minimum atomic E-state index is 0.405. The van der Waals surface area contributed by atoms with E-state index in [2.05, 4.69) is 48.3 Å². The largest absolute Gasteiger partial charge is 0.492 e. The highest BCUT2D eigenvalue weighted by Gasteiger charge is 2.38. The Bertz CT molecular complexity index is 462. The zero-order valence-corrected chi connectivity index (χ0v) is 13.3. The summed E-state index contributed by atoms with van der Waals surface area (Å²) in [7, 11) is 0. The summed E-state index contributed by atoms with van der Waals surface area (Å²) in [5.74, 6) is 1.06. The molecule has 0 radical (unpaired) electrons. The average molecular weight is 288 g/mol. The monoisotopic (exact) mass is 288 g/mol. The van der Waals surface area contributed by atoms with Crippen molar-refractivity contribution in [1.29, 1.82) is 0 Å². The molecule has 3 unspecified atom stereocenters. The van der Waals surface area contributed by atoms with Crippen LogP contribution in [0.2, 0.25) is 0 Å². The molecule has 0 bridgehead atoms. The highest BCUT2D eigenvalue weighted by Crippen LogP contribution is 2.37. The van der Waals surface area contributed by atoms with Crippen molar-refractivity contribution in [2.24, 2.45) is 0 Å². The summed E-state index contributed by atoms with van der Waals surface area (Å²) in [6.45, 7) is 7.65. The summed E-state index contributed by atoms with van der Waals surface area (Å²) in [5.41, 5.74) is 1.34. The first-order valence-corrected chi connectivity index (χ1v) is 8.56. The van der Waals surface area contributed by atoms with Crippen molar-refractivity contribution in [3.8, 4) is 5.75 Å². The van der Waals surface area contributed by atoms with Crippen LogP contribution in [-0.4, -0.2) is 36.7 Å². The van der Waals surface area contributed by atoms with Crippen LogP contribution in [-0.2, 0) is 0 Å². The highest BCUT2D eigenvalue weighted by atomic mass is 16.5. The molecule has 1 N–H and O–H groups in total. The summed E-state index contributed by atoms with van der Waals surface area (Å²) in [4.78, 5) is 2.70. The number of hydrogen-bond acceptors (Lipinski definition) is 3.